The Morgan fingerprint density at radius 1 is 1.64 bits per heavy atom. The summed E-state index contributed by atoms with van der Waals surface area (Å²) >= 11 is 0. The van der Waals surface area contributed by atoms with Crippen LogP contribution in [-0.2, 0) is 15.6 Å². The lowest BCUT2D eigenvalue weighted by Gasteiger charge is -2.20. The molecule has 14 heavy (non-hydrogen) atoms. The standard InChI is InChI=1S/C8H13NO4S/c1-8(10,6-9-14(2,11)12)7-4-3-5-13-7/h3-5,9-10H,6H2,1-2H3. The molecule has 0 saturated heterocycles. The van der Waals surface area contributed by atoms with Crippen molar-refractivity contribution in [2.45, 2.75) is 12.5 Å². The first-order valence-corrected chi connectivity index (χ1v) is 5.91. The molecule has 80 valence electrons. The zero-order chi connectivity index (χ0) is 10.8. The van der Waals surface area contributed by atoms with Crippen molar-refractivity contribution in [3.8, 4) is 0 Å². The Hall–Kier alpha value is -0.850. The van der Waals surface area contributed by atoms with Crippen LogP contribution in [0.5, 0.6) is 0 Å². The second kappa shape index (κ2) is 3.72. The van der Waals surface area contributed by atoms with Crippen LogP contribution in [0.1, 0.15) is 12.7 Å². The van der Waals surface area contributed by atoms with Crippen molar-refractivity contribution < 1.29 is 17.9 Å². The molecule has 1 heterocycles. The van der Waals surface area contributed by atoms with Gasteiger partial charge in [-0.1, -0.05) is 0 Å². The number of aliphatic hydroxyl groups is 1. The average Bonchev–Trinajstić information content (AvgIpc) is 2.52. The first-order valence-electron chi connectivity index (χ1n) is 4.02. The predicted molar refractivity (Wildman–Crippen MR) is 51.1 cm³/mol. The van der Waals surface area contributed by atoms with E-state index in [9.17, 15) is 13.5 Å². The third-order valence-corrected chi connectivity index (χ3v) is 2.40. The third-order valence-electron chi connectivity index (χ3n) is 1.73. The zero-order valence-electron chi connectivity index (χ0n) is 8.02. The van der Waals surface area contributed by atoms with Gasteiger partial charge < -0.3 is 9.52 Å². The molecule has 0 aliphatic carbocycles. The van der Waals surface area contributed by atoms with Crippen LogP contribution in [0.15, 0.2) is 22.8 Å². The highest BCUT2D eigenvalue weighted by atomic mass is 32.2. The minimum Gasteiger partial charge on any atom is -0.466 e. The Balaban J connectivity index is 2.69. The van der Waals surface area contributed by atoms with E-state index < -0.39 is 15.6 Å². The summed E-state index contributed by atoms with van der Waals surface area (Å²) in [6, 6.07) is 3.22. The molecule has 2 N–H and O–H groups in total. The van der Waals surface area contributed by atoms with E-state index in [-0.39, 0.29) is 6.54 Å². The summed E-state index contributed by atoms with van der Waals surface area (Å²) in [5.41, 5.74) is -1.33. The number of hydrogen-bond acceptors (Lipinski definition) is 4. The highest BCUT2D eigenvalue weighted by Crippen LogP contribution is 2.19. The van der Waals surface area contributed by atoms with E-state index in [1.54, 1.807) is 12.1 Å². The molecule has 1 atom stereocenters. The molecular formula is C8H13NO4S. The van der Waals surface area contributed by atoms with Gasteiger partial charge in [0, 0.05) is 6.54 Å². The van der Waals surface area contributed by atoms with Gasteiger partial charge in [-0.2, -0.15) is 0 Å². The van der Waals surface area contributed by atoms with Crippen LogP contribution in [0, 0.1) is 0 Å². The first-order chi connectivity index (χ1) is 6.31. The maximum atomic E-state index is 10.8. The van der Waals surface area contributed by atoms with E-state index >= 15 is 0 Å². The van der Waals surface area contributed by atoms with Crippen LogP contribution >= 0.6 is 0 Å². The Morgan fingerprint density at radius 3 is 2.71 bits per heavy atom. The molecule has 0 saturated carbocycles. The number of rotatable bonds is 4. The van der Waals surface area contributed by atoms with E-state index in [2.05, 4.69) is 4.72 Å². The summed E-state index contributed by atoms with van der Waals surface area (Å²) in [5.74, 6) is 0.327. The van der Waals surface area contributed by atoms with E-state index in [1.165, 1.54) is 13.2 Å². The van der Waals surface area contributed by atoms with Crippen molar-refractivity contribution in [3.63, 3.8) is 0 Å². The van der Waals surface area contributed by atoms with Crippen LogP contribution in [0.4, 0.5) is 0 Å². The average molecular weight is 219 g/mol. The Kier molecular flexibility index (Phi) is 2.98. The minimum atomic E-state index is -3.30. The van der Waals surface area contributed by atoms with Crippen LogP contribution in [-0.4, -0.2) is 26.3 Å². The van der Waals surface area contributed by atoms with Gasteiger partial charge in [-0.05, 0) is 19.1 Å². The molecular weight excluding hydrogens is 206 g/mol. The minimum absolute atomic E-state index is 0.112. The van der Waals surface area contributed by atoms with Gasteiger partial charge in [0.2, 0.25) is 10.0 Å². The van der Waals surface area contributed by atoms with E-state index in [0.717, 1.165) is 6.26 Å². The fraction of sp³-hybridized carbons (Fsp3) is 0.500. The molecule has 1 aromatic heterocycles. The SMILES string of the molecule is CC(O)(CNS(C)(=O)=O)c1ccco1. The highest BCUT2D eigenvalue weighted by molar-refractivity contribution is 7.88. The van der Waals surface area contributed by atoms with Gasteiger partial charge in [0.1, 0.15) is 11.4 Å². The lowest BCUT2D eigenvalue weighted by atomic mass is 10.1. The number of furan rings is 1. The van der Waals surface area contributed by atoms with E-state index in [0.29, 0.717) is 5.76 Å². The number of sulfonamides is 1. The fourth-order valence-electron chi connectivity index (χ4n) is 0.944. The van der Waals surface area contributed by atoms with Gasteiger partial charge in [0.25, 0.3) is 0 Å². The molecule has 1 unspecified atom stereocenters. The number of nitrogens with one attached hydrogen (secondary N) is 1. The summed E-state index contributed by atoms with van der Waals surface area (Å²) < 4.78 is 28.8. The molecule has 0 aromatic carbocycles. The van der Waals surface area contributed by atoms with Crippen LogP contribution in [0.2, 0.25) is 0 Å². The van der Waals surface area contributed by atoms with Crippen molar-refractivity contribution in [2.75, 3.05) is 12.8 Å². The van der Waals surface area contributed by atoms with Crippen LogP contribution in [0.25, 0.3) is 0 Å². The van der Waals surface area contributed by atoms with Crippen LogP contribution in [0.3, 0.4) is 0 Å². The van der Waals surface area contributed by atoms with Crippen molar-refractivity contribution in [1.29, 1.82) is 0 Å². The fourth-order valence-corrected chi connectivity index (χ4v) is 1.49. The smallest absolute Gasteiger partial charge is 0.208 e. The summed E-state index contributed by atoms with van der Waals surface area (Å²) in [6.45, 7) is 1.36. The van der Waals surface area contributed by atoms with Crippen LogP contribution < -0.4 is 4.72 Å². The maximum Gasteiger partial charge on any atom is 0.208 e. The molecule has 1 aromatic rings. The zero-order valence-corrected chi connectivity index (χ0v) is 8.84. The van der Waals surface area contributed by atoms with Crippen molar-refractivity contribution in [3.05, 3.63) is 24.2 Å². The lowest BCUT2D eigenvalue weighted by Crippen LogP contribution is -2.37. The second-order valence-electron chi connectivity index (χ2n) is 3.34. The first kappa shape index (κ1) is 11.2. The monoisotopic (exact) mass is 219 g/mol. The van der Waals surface area contributed by atoms with E-state index in [1.807, 2.05) is 0 Å². The molecule has 0 radical (unpaired) electrons. The van der Waals surface area contributed by atoms with Gasteiger partial charge in [-0.25, -0.2) is 13.1 Å². The van der Waals surface area contributed by atoms with Gasteiger partial charge >= 0.3 is 0 Å². The lowest BCUT2D eigenvalue weighted by molar-refractivity contribution is 0.0396. The maximum absolute atomic E-state index is 10.8. The molecule has 0 aliphatic heterocycles. The molecule has 0 fully saturated rings. The summed E-state index contributed by atoms with van der Waals surface area (Å²) in [6.07, 6.45) is 2.45. The molecule has 0 aliphatic rings. The van der Waals surface area contributed by atoms with E-state index in [4.69, 9.17) is 4.42 Å². The second-order valence-corrected chi connectivity index (χ2v) is 5.18. The highest BCUT2D eigenvalue weighted by Gasteiger charge is 2.27. The predicted octanol–water partition coefficient (Wildman–Crippen LogP) is 0.0363. The quantitative estimate of drug-likeness (QED) is 0.749. The topological polar surface area (TPSA) is 79.5 Å². The molecule has 0 amide bonds. The molecule has 0 bridgehead atoms. The van der Waals surface area contributed by atoms with Gasteiger partial charge in [0.05, 0.1) is 12.5 Å². The molecule has 6 heteroatoms. The Labute approximate surface area is 82.8 Å². The molecule has 5 nitrogen and oxygen atoms in total. The Morgan fingerprint density at radius 2 is 2.29 bits per heavy atom. The largest absolute Gasteiger partial charge is 0.466 e. The Bertz CT molecular complexity index is 379. The van der Waals surface area contributed by atoms with Gasteiger partial charge in [0.15, 0.2) is 0 Å². The summed E-state index contributed by atoms with van der Waals surface area (Å²) in [4.78, 5) is 0. The van der Waals surface area contributed by atoms with Gasteiger partial charge in [-0.3, -0.25) is 0 Å². The van der Waals surface area contributed by atoms with Crippen molar-refractivity contribution in [2.24, 2.45) is 0 Å². The normalized spacial score (nSPS) is 16.5. The summed E-state index contributed by atoms with van der Waals surface area (Å²) in [7, 11) is -3.30. The molecule has 1 rings (SSSR count). The molecule has 0 spiro atoms. The van der Waals surface area contributed by atoms with Crippen molar-refractivity contribution >= 4 is 10.0 Å². The number of hydrogen-bond donors (Lipinski definition) is 2. The third kappa shape index (κ3) is 3.13. The summed E-state index contributed by atoms with van der Waals surface area (Å²) in [5, 5.41) is 9.82. The van der Waals surface area contributed by atoms with Gasteiger partial charge in [-0.15, -0.1) is 0 Å². The van der Waals surface area contributed by atoms with Crippen molar-refractivity contribution in [1.82, 2.24) is 4.72 Å².